The lowest BCUT2D eigenvalue weighted by Crippen LogP contribution is -2.41. The molecule has 0 spiro atoms. The zero-order valence-electron chi connectivity index (χ0n) is 5.71. The highest BCUT2D eigenvalue weighted by Gasteiger charge is 2.42. The molecular weight excluding hydrogens is 130 g/mol. The van der Waals surface area contributed by atoms with Gasteiger partial charge in [-0.15, -0.1) is 0 Å². The van der Waals surface area contributed by atoms with E-state index < -0.39 is 5.97 Å². The quantitative estimate of drug-likeness (QED) is 0.549. The molecule has 1 saturated carbocycles. The first kappa shape index (κ1) is 6.16. The third-order valence-electron chi connectivity index (χ3n) is 2.63. The lowest BCUT2D eigenvalue weighted by atomic mass is 10.0. The van der Waals surface area contributed by atoms with E-state index in [9.17, 15) is 4.79 Å². The van der Waals surface area contributed by atoms with Gasteiger partial charge in [0.2, 0.25) is 0 Å². The topological polar surface area (TPSA) is 49.3 Å². The monoisotopic (exact) mass is 141 g/mol. The van der Waals surface area contributed by atoms with Crippen molar-refractivity contribution in [3.63, 3.8) is 0 Å². The molecule has 0 aromatic heterocycles. The molecule has 3 atom stereocenters. The first-order chi connectivity index (χ1) is 4.77. The van der Waals surface area contributed by atoms with Crippen molar-refractivity contribution in [1.29, 1.82) is 0 Å². The van der Waals surface area contributed by atoms with E-state index in [4.69, 9.17) is 5.11 Å². The molecule has 3 nitrogen and oxygen atoms in total. The van der Waals surface area contributed by atoms with Crippen LogP contribution in [0.1, 0.15) is 19.3 Å². The van der Waals surface area contributed by atoms with Crippen LogP contribution in [0.25, 0.3) is 0 Å². The second-order valence-electron chi connectivity index (χ2n) is 3.25. The third-order valence-corrected chi connectivity index (χ3v) is 2.63. The molecule has 0 radical (unpaired) electrons. The van der Waals surface area contributed by atoms with Gasteiger partial charge in [0.05, 0.1) is 0 Å². The van der Waals surface area contributed by atoms with E-state index in [1.165, 1.54) is 6.42 Å². The number of fused-ring (bicyclic) bond motifs is 2. The largest absolute Gasteiger partial charge is 0.480 e. The molecule has 0 aromatic carbocycles. The number of rotatable bonds is 1. The number of hydrogen-bond acceptors (Lipinski definition) is 2. The number of carboxylic acid groups (broad SMARTS) is 1. The van der Waals surface area contributed by atoms with Crippen LogP contribution in [-0.4, -0.2) is 23.2 Å². The average Bonchev–Trinajstić information content (AvgIpc) is 2.44. The Bertz CT molecular complexity index is 169. The molecule has 1 heterocycles. The van der Waals surface area contributed by atoms with Gasteiger partial charge >= 0.3 is 5.97 Å². The van der Waals surface area contributed by atoms with Crippen LogP contribution in [0, 0.1) is 5.92 Å². The Labute approximate surface area is 59.4 Å². The van der Waals surface area contributed by atoms with Crippen LogP contribution in [-0.2, 0) is 4.79 Å². The van der Waals surface area contributed by atoms with Gasteiger partial charge in [0.1, 0.15) is 6.04 Å². The molecule has 2 N–H and O–H groups in total. The smallest absolute Gasteiger partial charge is 0.320 e. The lowest BCUT2D eigenvalue weighted by Gasteiger charge is -2.18. The Kier molecular flexibility index (Phi) is 1.20. The van der Waals surface area contributed by atoms with Gasteiger partial charge in [-0.1, -0.05) is 0 Å². The van der Waals surface area contributed by atoms with Crippen LogP contribution in [0.5, 0.6) is 0 Å². The van der Waals surface area contributed by atoms with Crippen molar-refractivity contribution in [3.05, 3.63) is 0 Å². The van der Waals surface area contributed by atoms with Gasteiger partial charge in [-0.2, -0.15) is 0 Å². The van der Waals surface area contributed by atoms with Crippen molar-refractivity contribution in [3.8, 4) is 0 Å². The van der Waals surface area contributed by atoms with Crippen molar-refractivity contribution in [2.75, 3.05) is 0 Å². The Morgan fingerprint density at radius 1 is 1.50 bits per heavy atom. The highest BCUT2D eigenvalue weighted by Crippen LogP contribution is 2.34. The maximum atomic E-state index is 10.5. The minimum atomic E-state index is -0.674. The van der Waals surface area contributed by atoms with Crippen LogP contribution in [0.3, 0.4) is 0 Å². The number of aliphatic carboxylic acids is 1. The van der Waals surface area contributed by atoms with Gasteiger partial charge in [-0.05, 0) is 25.2 Å². The third kappa shape index (κ3) is 0.736. The van der Waals surface area contributed by atoms with E-state index in [0.717, 1.165) is 12.8 Å². The fourth-order valence-electron chi connectivity index (χ4n) is 2.13. The molecule has 1 aliphatic carbocycles. The molecule has 10 heavy (non-hydrogen) atoms. The van der Waals surface area contributed by atoms with Gasteiger partial charge in [0.25, 0.3) is 0 Å². The highest BCUT2D eigenvalue weighted by molar-refractivity contribution is 5.74. The summed E-state index contributed by atoms with van der Waals surface area (Å²) >= 11 is 0. The van der Waals surface area contributed by atoms with Gasteiger partial charge in [-0.25, -0.2) is 0 Å². The minimum absolute atomic E-state index is 0.237. The molecular formula is C7H11NO2. The Balaban J connectivity index is 2.08. The zero-order chi connectivity index (χ0) is 7.14. The summed E-state index contributed by atoms with van der Waals surface area (Å²) in [6.07, 6.45) is 3.36. The molecule has 3 heteroatoms. The van der Waals surface area contributed by atoms with Gasteiger partial charge in [-0.3, -0.25) is 4.79 Å². The molecule has 2 bridgehead atoms. The predicted octanol–water partition coefficient (Wildman–Crippen LogP) is 0.211. The summed E-state index contributed by atoms with van der Waals surface area (Å²) in [4.78, 5) is 10.5. The SMILES string of the molecule is O=C(O)[C@H]1NC2CCC1C2. The molecule has 2 fully saturated rings. The van der Waals surface area contributed by atoms with E-state index in [1.54, 1.807) is 0 Å². The predicted molar refractivity (Wildman–Crippen MR) is 35.7 cm³/mol. The van der Waals surface area contributed by atoms with E-state index in [1.807, 2.05) is 0 Å². The number of hydrogen-bond donors (Lipinski definition) is 2. The Hall–Kier alpha value is -0.570. The maximum absolute atomic E-state index is 10.5. The Morgan fingerprint density at radius 2 is 2.30 bits per heavy atom. The van der Waals surface area contributed by atoms with Gasteiger partial charge in [0, 0.05) is 6.04 Å². The van der Waals surface area contributed by atoms with Crippen molar-refractivity contribution < 1.29 is 9.90 Å². The molecule has 2 rings (SSSR count). The first-order valence-electron chi connectivity index (χ1n) is 3.76. The zero-order valence-corrected chi connectivity index (χ0v) is 5.71. The average molecular weight is 141 g/mol. The fraction of sp³-hybridized carbons (Fsp3) is 0.857. The van der Waals surface area contributed by atoms with Crippen LogP contribution >= 0.6 is 0 Å². The summed E-state index contributed by atoms with van der Waals surface area (Å²) in [5, 5.41) is 11.8. The maximum Gasteiger partial charge on any atom is 0.320 e. The number of nitrogens with one attached hydrogen (secondary N) is 1. The van der Waals surface area contributed by atoms with Crippen molar-refractivity contribution in [1.82, 2.24) is 5.32 Å². The molecule has 2 unspecified atom stereocenters. The van der Waals surface area contributed by atoms with Gasteiger partial charge in [0.15, 0.2) is 0 Å². The number of carboxylic acids is 1. The molecule has 56 valence electrons. The van der Waals surface area contributed by atoms with E-state index in [-0.39, 0.29) is 6.04 Å². The van der Waals surface area contributed by atoms with E-state index in [0.29, 0.717) is 12.0 Å². The lowest BCUT2D eigenvalue weighted by molar-refractivity contribution is -0.140. The second-order valence-corrected chi connectivity index (χ2v) is 3.25. The standard InChI is InChI=1S/C7H11NO2/c9-7(10)6-4-1-2-5(3-4)8-6/h4-6,8H,1-3H2,(H,9,10)/t4?,5?,6-/m0/s1. The van der Waals surface area contributed by atoms with E-state index >= 15 is 0 Å². The van der Waals surface area contributed by atoms with Crippen LogP contribution in [0.15, 0.2) is 0 Å². The van der Waals surface area contributed by atoms with Crippen LogP contribution in [0.2, 0.25) is 0 Å². The van der Waals surface area contributed by atoms with E-state index in [2.05, 4.69) is 5.32 Å². The van der Waals surface area contributed by atoms with Crippen molar-refractivity contribution in [2.45, 2.75) is 31.3 Å². The normalized spacial score (nSPS) is 44.2. The summed E-state index contributed by atoms with van der Waals surface area (Å²) < 4.78 is 0. The molecule has 0 amide bonds. The summed E-state index contributed by atoms with van der Waals surface area (Å²) in [5.41, 5.74) is 0. The molecule has 1 saturated heterocycles. The minimum Gasteiger partial charge on any atom is -0.480 e. The molecule has 1 aliphatic heterocycles. The highest BCUT2D eigenvalue weighted by atomic mass is 16.4. The first-order valence-corrected chi connectivity index (χ1v) is 3.76. The van der Waals surface area contributed by atoms with Crippen molar-refractivity contribution >= 4 is 5.97 Å². The fourth-order valence-corrected chi connectivity index (χ4v) is 2.13. The van der Waals surface area contributed by atoms with Crippen molar-refractivity contribution in [2.24, 2.45) is 5.92 Å². The number of piperidine rings is 1. The van der Waals surface area contributed by atoms with Crippen LogP contribution < -0.4 is 5.32 Å². The summed E-state index contributed by atoms with van der Waals surface area (Å²) in [5.74, 6) is -0.255. The van der Waals surface area contributed by atoms with Gasteiger partial charge < -0.3 is 10.4 Å². The second kappa shape index (κ2) is 1.95. The van der Waals surface area contributed by atoms with Crippen LogP contribution in [0.4, 0.5) is 0 Å². The Morgan fingerprint density at radius 3 is 2.60 bits per heavy atom. The summed E-state index contributed by atoms with van der Waals surface area (Å²) in [7, 11) is 0. The summed E-state index contributed by atoms with van der Waals surface area (Å²) in [6, 6.07) is 0.268. The number of carbonyl (C=O) groups is 1. The molecule has 0 aromatic rings. The molecule has 2 aliphatic rings. The summed E-state index contributed by atoms with van der Waals surface area (Å²) in [6.45, 7) is 0.